The fourth-order valence-electron chi connectivity index (χ4n) is 2.96. The second kappa shape index (κ2) is 6.72. The molecule has 1 saturated heterocycles. The van der Waals surface area contributed by atoms with E-state index in [1.807, 2.05) is 25.1 Å². The minimum Gasteiger partial charge on any atom is -0.485 e. The van der Waals surface area contributed by atoms with E-state index in [0.717, 1.165) is 12.2 Å². The fourth-order valence-corrected chi connectivity index (χ4v) is 2.96. The highest BCUT2D eigenvalue weighted by atomic mass is 16.6. The molecule has 2 aliphatic heterocycles. The van der Waals surface area contributed by atoms with Gasteiger partial charge in [0.1, 0.15) is 18.5 Å². The molecule has 2 aromatic rings. The van der Waals surface area contributed by atoms with E-state index in [1.165, 1.54) is 0 Å². The van der Waals surface area contributed by atoms with Crippen LogP contribution < -0.4 is 9.47 Å². The third-order valence-electron chi connectivity index (χ3n) is 4.33. The lowest BCUT2D eigenvalue weighted by molar-refractivity contribution is -0.149. The first kappa shape index (κ1) is 15.9. The summed E-state index contributed by atoms with van der Waals surface area (Å²) >= 11 is 0. The first-order valence-corrected chi connectivity index (χ1v) is 8.44. The van der Waals surface area contributed by atoms with Crippen molar-refractivity contribution in [3.05, 3.63) is 35.9 Å². The minimum absolute atomic E-state index is 0.103. The van der Waals surface area contributed by atoms with E-state index >= 15 is 0 Å². The Morgan fingerprint density at radius 2 is 2.20 bits per heavy atom. The van der Waals surface area contributed by atoms with Crippen LogP contribution in [0.2, 0.25) is 0 Å². The fraction of sp³-hybridized carbons (Fsp3) is 0.471. The van der Waals surface area contributed by atoms with Crippen LogP contribution in [0.5, 0.6) is 11.5 Å². The average Bonchev–Trinajstić information content (AvgIpc) is 3.16. The van der Waals surface area contributed by atoms with E-state index in [4.69, 9.17) is 14.2 Å². The topological polar surface area (TPSA) is 89.6 Å². The van der Waals surface area contributed by atoms with E-state index < -0.39 is 6.10 Å². The molecule has 1 aromatic carbocycles. The Kier molecular flexibility index (Phi) is 4.27. The Balaban J connectivity index is 1.43. The van der Waals surface area contributed by atoms with Gasteiger partial charge in [0.2, 0.25) is 6.10 Å². The summed E-state index contributed by atoms with van der Waals surface area (Å²) in [5.74, 6) is 2.55. The second-order valence-corrected chi connectivity index (χ2v) is 6.00. The quantitative estimate of drug-likeness (QED) is 0.897. The number of aromatic amines is 1. The normalized spacial score (nSPS) is 22.7. The zero-order valence-electron chi connectivity index (χ0n) is 14.0. The van der Waals surface area contributed by atoms with Gasteiger partial charge in [-0.3, -0.25) is 9.89 Å². The Morgan fingerprint density at radius 3 is 3.00 bits per heavy atom. The number of rotatable bonds is 3. The summed E-state index contributed by atoms with van der Waals surface area (Å²) in [6.07, 6.45) is -0.201. The smallest absolute Gasteiger partial charge is 0.267 e. The summed E-state index contributed by atoms with van der Waals surface area (Å²) in [5, 5.41) is 7.07. The van der Waals surface area contributed by atoms with Crippen molar-refractivity contribution in [2.75, 3.05) is 26.3 Å². The van der Waals surface area contributed by atoms with Gasteiger partial charge >= 0.3 is 0 Å². The highest BCUT2D eigenvalue weighted by Crippen LogP contribution is 2.31. The largest absolute Gasteiger partial charge is 0.485 e. The summed E-state index contributed by atoms with van der Waals surface area (Å²) in [4.78, 5) is 19.0. The average molecular weight is 344 g/mol. The Hall–Kier alpha value is -2.61. The monoisotopic (exact) mass is 344 g/mol. The SMILES string of the molecule is CCc1nc(C2CN(C(=O)C3COc4ccccc4O3)CCO2)n[nH]1. The number of carbonyl (C=O) groups excluding carboxylic acids is 1. The van der Waals surface area contributed by atoms with Crippen LogP contribution in [0.1, 0.15) is 24.7 Å². The van der Waals surface area contributed by atoms with Crippen molar-refractivity contribution in [2.24, 2.45) is 0 Å². The summed E-state index contributed by atoms with van der Waals surface area (Å²) in [7, 11) is 0. The summed E-state index contributed by atoms with van der Waals surface area (Å²) in [5.41, 5.74) is 0. The van der Waals surface area contributed by atoms with E-state index in [2.05, 4.69) is 15.2 Å². The van der Waals surface area contributed by atoms with Gasteiger partial charge in [-0.1, -0.05) is 19.1 Å². The number of H-pyrrole nitrogens is 1. The number of aryl methyl sites for hydroxylation is 1. The summed E-state index contributed by atoms with van der Waals surface area (Å²) < 4.78 is 17.2. The molecule has 8 heteroatoms. The Bertz CT molecular complexity index is 763. The third-order valence-corrected chi connectivity index (χ3v) is 4.33. The molecule has 3 heterocycles. The molecule has 25 heavy (non-hydrogen) atoms. The molecule has 2 unspecified atom stereocenters. The predicted octanol–water partition coefficient (Wildman–Crippen LogP) is 1.11. The van der Waals surface area contributed by atoms with Crippen LogP contribution in [0.3, 0.4) is 0 Å². The molecular formula is C17H20N4O4. The number of hydrogen-bond acceptors (Lipinski definition) is 6. The van der Waals surface area contributed by atoms with Crippen molar-refractivity contribution in [3.8, 4) is 11.5 Å². The van der Waals surface area contributed by atoms with Crippen molar-refractivity contribution >= 4 is 5.91 Å². The van der Waals surface area contributed by atoms with Gasteiger partial charge in [0.05, 0.1) is 13.2 Å². The van der Waals surface area contributed by atoms with Gasteiger partial charge in [0.25, 0.3) is 5.91 Å². The summed E-state index contributed by atoms with van der Waals surface area (Å²) in [6, 6.07) is 7.36. The molecular weight excluding hydrogens is 324 g/mol. The molecule has 0 saturated carbocycles. The Labute approximate surface area is 145 Å². The van der Waals surface area contributed by atoms with Gasteiger partial charge in [0, 0.05) is 13.0 Å². The van der Waals surface area contributed by atoms with Gasteiger partial charge in [-0.2, -0.15) is 5.10 Å². The number of nitrogens with one attached hydrogen (secondary N) is 1. The molecule has 0 radical (unpaired) electrons. The molecule has 2 atom stereocenters. The van der Waals surface area contributed by atoms with Crippen molar-refractivity contribution in [3.63, 3.8) is 0 Å². The van der Waals surface area contributed by atoms with E-state index in [0.29, 0.717) is 37.0 Å². The highest BCUT2D eigenvalue weighted by Gasteiger charge is 2.35. The number of hydrogen-bond donors (Lipinski definition) is 1. The standard InChI is InChI=1S/C17H20N4O4/c1-2-15-18-16(20-19-15)13-9-21(7-8-23-13)17(22)14-10-24-11-5-3-4-6-12(11)25-14/h3-6,13-14H,2,7-10H2,1H3,(H,18,19,20). The van der Waals surface area contributed by atoms with Gasteiger partial charge in [-0.05, 0) is 12.1 Å². The number of amides is 1. The third kappa shape index (κ3) is 3.17. The molecule has 0 aliphatic carbocycles. The van der Waals surface area contributed by atoms with Crippen molar-refractivity contribution in [1.29, 1.82) is 0 Å². The number of fused-ring (bicyclic) bond motifs is 1. The second-order valence-electron chi connectivity index (χ2n) is 6.00. The predicted molar refractivity (Wildman–Crippen MR) is 87.4 cm³/mol. The molecule has 0 bridgehead atoms. The molecule has 0 spiro atoms. The lowest BCUT2D eigenvalue weighted by Gasteiger charge is -2.35. The molecule has 2 aliphatic rings. The van der Waals surface area contributed by atoms with E-state index in [9.17, 15) is 4.79 Å². The van der Waals surface area contributed by atoms with Gasteiger partial charge in [-0.15, -0.1) is 0 Å². The van der Waals surface area contributed by atoms with Crippen LogP contribution in [0, 0.1) is 0 Å². The summed E-state index contributed by atoms with van der Waals surface area (Å²) in [6.45, 7) is 3.57. The lowest BCUT2D eigenvalue weighted by atomic mass is 10.2. The molecule has 4 rings (SSSR count). The van der Waals surface area contributed by atoms with Crippen LogP contribution in [-0.4, -0.2) is 58.4 Å². The highest BCUT2D eigenvalue weighted by molar-refractivity contribution is 5.82. The minimum atomic E-state index is -0.646. The number of morpholine rings is 1. The van der Waals surface area contributed by atoms with Crippen LogP contribution in [0.4, 0.5) is 0 Å². The zero-order chi connectivity index (χ0) is 17.2. The maximum atomic E-state index is 12.8. The van der Waals surface area contributed by atoms with Crippen LogP contribution in [0.15, 0.2) is 24.3 Å². The number of nitrogens with zero attached hydrogens (tertiary/aromatic N) is 3. The number of carbonyl (C=O) groups is 1. The molecule has 1 fully saturated rings. The lowest BCUT2D eigenvalue weighted by Crippen LogP contribution is -2.51. The van der Waals surface area contributed by atoms with Crippen molar-refractivity contribution in [2.45, 2.75) is 25.6 Å². The maximum Gasteiger partial charge on any atom is 0.267 e. The first-order valence-electron chi connectivity index (χ1n) is 8.44. The molecule has 1 amide bonds. The molecule has 132 valence electrons. The van der Waals surface area contributed by atoms with Gasteiger partial charge in [-0.25, -0.2) is 4.98 Å². The number of ether oxygens (including phenoxy) is 3. The van der Waals surface area contributed by atoms with Gasteiger partial charge < -0.3 is 19.1 Å². The van der Waals surface area contributed by atoms with E-state index in [-0.39, 0.29) is 18.6 Å². The van der Waals surface area contributed by atoms with Crippen LogP contribution in [-0.2, 0) is 16.0 Å². The van der Waals surface area contributed by atoms with Crippen LogP contribution in [0.25, 0.3) is 0 Å². The maximum absolute atomic E-state index is 12.8. The van der Waals surface area contributed by atoms with Crippen molar-refractivity contribution < 1.29 is 19.0 Å². The molecule has 1 aromatic heterocycles. The number of para-hydroxylation sites is 2. The first-order chi connectivity index (χ1) is 12.2. The molecule has 1 N–H and O–H groups in total. The number of benzene rings is 1. The van der Waals surface area contributed by atoms with E-state index in [1.54, 1.807) is 11.0 Å². The van der Waals surface area contributed by atoms with Gasteiger partial charge in [0.15, 0.2) is 17.3 Å². The number of aromatic nitrogens is 3. The van der Waals surface area contributed by atoms with Crippen molar-refractivity contribution in [1.82, 2.24) is 20.1 Å². The van der Waals surface area contributed by atoms with Crippen LogP contribution >= 0.6 is 0 Å². The Morgan fingerprint density at radius 1 is 1.36 bits per heavy atom. The molecule has 8 nitrogen and oxygen atoms in total. The zero-order valence-corrected chi connectivity index (χ0v) is 14.0.